The molecule has 1 aliphatic carbocycles. The van der Waals surface area contributed by atoms with Crippen molar-refractivity contribution in [3.05, 3.63) is 78.9 Å². The molecule has 152 valence electrons. The van der Waals surface area contributed by atoms with Crippen LogP contribution in [0.3, 0.4) is 0 Å². The fourth-order valence-corrected chi connectivity index (χ4v) is 3.50. The Bertz CT molecular complexity index is 1000. The Morgan fingerprint density at radius 3 is 2.07 bits per heavy atom. The first-order chi connectivity index (χ1) is 14.7. The molecule has 2 N–H and O–H groups in total. The highest BCUT2D eigenvalue weighted by Crippen LogP contribution is 2.30. The summed E-state index contributed by atoms with van der Waals surface area (Å²) in [4.78, 5) is 25.0. The first-order valence-electron chi connectivity index (χ1n) is 9.82. The van der Waals surface area contributed by atoms with E-state index in [9.17, 15) is 9.59 Å². The Balaban J connectivity index is 1.23. The number of hydrogen-bond donors (Lipinski definition) is 2. The summed E-state index contributed by atoms with van der Waals surface area (Å²) in [6, 6.07) is 24.4. The summed E-state index contributed by atoms with van der Waals surface area (Å²) in [7, 11) is 0. The van der Waals surface area contributed by atoms with E-state index in [1.54, 1.807) is 0 Å². The van der Waals surface area contributed by atoms with Crippen molar-refractivity contribution in [2.45, 2.75) is 17.7 Å². The summed E-state index contributed by atoms with van der Waals surface area (Å²) in [5, 5.41) is 5.80. The van der Waals surface area contributed by atoms with Gasteiger partial charge in [0.1, 0.15) is 11.5 Å². The first-order valence-corrected chi connectivity index (χ1v) is 10.8. The van der Waals surface area contributed by atoms with Crippen LogP contribution in [-0.2, 0) is 9.59 Å². The van der Waals surface area contributed by atoms with E-state index >= 15 is 0 Å². The zero-order chi connectivity index (χ0) is 20.8. The lowest BCUT2D eigenvalue weighted by Gasteiger charge is -2.08. The van der Waals surface area contributed by atoms with Crippen molar-refractivity contribution in [3.63, 3.8) is 0 Å². The zero-order valence-corrected chi connectivity index (χ0v) is 17.2. The van der Waals surface area contributed by atoms with Crippen LogP contribution in [-0.4, -0.2) is 17.6 Å². The number of carbonyl (C=O) groups excluding carboxylic acids is 2. The second-order valence-electron chi connectivity index (χ2n) is 7.06. The molecule has 0 unspecified atom stereocenters. The second-order valence-corrected chi connectivity index (χ2v) is 8.11. The van der Waals surface area contributed by atoms with Gasteiger partial charge in [0.25, 0.3) is 0 Å². The molecule has 0 spiro atoms. The van der Waals surface area contributed by atoms with Crippen molar-refractivity contribution in [1.29, 1.82) is 0 Å². The van der Waals surface area contributed by atoms with E-state index in [0.29, 0.717) is 11.5 Å². The summed E-state index contributed by atoms with van der Waals surface area (Å²) in [6.45, 7) is 0. The lowest BCUT2D eigenvalue weighted by Crippen LogP contribution is -2.14. The largest absolute Gasteiger partial charge is 0.457 e. The molecule has 0 aliphatic heterocycles. The monoisotopic (exact) mass is 418 g/mol. The summed E-state index contributed by atoms with van der Waals surface area (Å²) in [6.07, 6.45) is 1.97. The van der Waals surface area contributed by atoms with Crippen molar-refractivity contribution >= 4 is 35.0 Å². The number of rotatable bonds is 8. The molecular formula is C24H22N2O3S. The molecular weight excluding hydrogens is 396 g/mol. The van der Waals surface area contributed by atoms with E-state index in [2.05, 4.69) is 10.6 Å². The minimum absolute atomic E-state index is 0.0807. The van der Waals surface area contributed by atoms with Gasteiger partial charge in [-0.3, -0.25) is 9.59 Å². The van der Waals surface area contributed by atoms with Gasteiger partial charge in [-0.05, 0) is 73.5 Å². The molecule has 1 fully saturated rings. The van der Waals surface area contributed by atoms with Crippen molar-refractivity contribution in [1.82, 2.24) is 0 Å². The number of hydrogen-bond acceptors (Lipinski definition) is 4. The number of ether oxygens (including phenoxy) is 1. The normalized spacial score (nSPS) is 12.8. The molecule has 0 saturated heterocycles. The third-order valence-corrected chi connectivity index (χ3v) is 5.57. The molecule has 1 aliphatic rings. The number of thioether (sulfide) groups is 1. The van der Waals surface area contributed by atoms with Gasteiger partial charge in [-0.1, -0.05) is 18.2 Å². The summed E-state index contributed by atoms with van der Waals surface area (Å²) in [5.74, 6) is 1.97. The van der Waals surface area contributed by atoms with Crippen LogP contribution in [0.4, 0.5) is 11.4 Å². The van der Waals surface area contributed by atoms with Crippen LogP contribution in [0.2, 0.25) is 0 Å². The van der Waals surface area contributed by atoms with Crippen molar-refractivity contribution in [2.75, 3.05) is 16.4 Å². The van der Waals surface area contributed by atoms with Crippen LogP contribution in [0.25, 0.3) is 0 Å². The predicted octanol–water partition coefficient (Wildman–Crippen LogP) is 5.56. The van der Waals surface area contributed by atoms with E-state index in [-0.39, 0.29) is 17.7 Å². The molecule has 0 heterocycles. The maximum Gasteiger partial charge on any atom is 0.234 e. The number of nitrogens with one attached hydrogen (secondary N) is 2. The molecule has 6 heteroatoms. The highest BCUT2D eigenvalue weighted by Gasteiger charge is 2.29. The molecule has 0 bridgehead atoms. The van der Waals surface area contributed by atoms with Gasteiger partial charge in [-0.2, -0.15) is 0 Å². The number of anilines is 2. The molecule has 2 amide bonds. The molecule has 0 radical (unpaired) electrons. The van der Waals surface area contributed by atoms with E-state index in [1.807, 2.05) is 78.9 Å². The SMILES string of the molecule is O=C(CSc1ccc(NC(=O)C2CC2)cc1)Nc1ccc(Oc2ccccc2)cc1. The summed E-state index contributed by atoms with van der Waals surface area (Å²) in [5.41, 5.74) is 1.51. The Hall–Kier alpha value is -3.25. The fraction of sp³-hybridized carbons (Fsp3) is 0.167. The molecule has 30 heavy (non-hydrogen) atoms. The van der Waals surface area contributed by atoms with Crippen LogP contribution >= 0.6 is 11.8 Å². The lowest BCUT2D eigenvalue weighted by molar-refractivity contribution is -0.117. The Kier molecular flexibility index (Phi) is 6.35. The molecule has 1 saturated carbocycles. The molecule has 5 nitrogen and oxygen atoms in total. The number of carbonyl (C=O) groups is 2. The van der Waals surface area contributed by atoms with Gasteiger partial charge in [0.05, 0.1) is 5.75 Å². The van der Waals surface area contributed by atoms with Crippen molar-refractivity contribution in [3.8, 4) is 11.5 Å². The third kappa shape index (κ3) is 5.87. The van der Waals surface area contributed by atoms with Crippen LogP contribution in [0.1, 0.15) is 12.8 Å². The Morgan fingerprint density at radius 2 is 1.40 bits per heavy atom. The number of para-hydroxylation sites is 1. The highest BCUT2D eigenvalue weighted by molar-refractivity contribution is 8.00. The standard InChI is InChI=1S/C24H22N2O3S/c27-23(16-30-22-14-10-19(11-15-22)26-24(28)17-6-7-17)25-18-8-12-21(13-9-18)29-20-4-2-1-3-5-20/h1-5,8-15,17H,6-7,16H2,(H,25,27)(H,26,28). The maximum atomic E-state index is 12.2. The quantitative estimate of drug-likeness (QED) is 0.470. The zero-order valence-electron chi connectivity index (χ0n) is 16.3. The van der Waals surface area contributed by atoms with E-state index in [0.717, 1.165) is 34.9 Å². The van der Waals surface area contributed by atoms with Crippen LogP contribution in [0.5, 0.6) is 11.5 Å². The molecule has 0 aromatic heterocycles. The summed E-state index contributed by atoms with van der Waals surface area (Å²) >= 11 is 1.45. The minimum atomic E-state index is -0.0807. The lowest BCUT2D eigenvalue weighted by atomic mass is 10.3. The van der Waals surface area contributed by atoms with Gasteiger partial charge in [0.15, 0.2) is 0 Å². The fourth-order valence-electron chi connectivity index (χ4n) is 2.80. The Morgan fingerprint density at radius 1 is 0.800 bits per heavy atom. The molecule has 3 aromatic rings. The number of amides is 2. The average molecular weight is 419 g/mol. The van der Waals surface area contributed by atoms with Crippen molar-refractivity contribution in [2.24, 2.45) is 5.92 Å². The third-order valence-electron chi connectivity index (χ3n) is 4.56. The van der Waals surface area contributed by atoms with Gasteiger partial charge >= 0.3 is 0 Å². The van der Waals surface area contributed by atoms with Gasteiger partial charge < -0.3 is 15.4 Å². The van der Waals surface area contributed by atoms with Crippen molar-refractivity contribution < 1.29 is 14.3 Å². The smallest absolute Gasteiger partial charge is 0.234 e. The molecule has 0 atom stereocenters. The van der Waals surface area contributed by atoms with E-state index in [4.69, 9.17) is 4.74 Å². The molecule has 4 rings (SSSR count). The minimum Gasteiger partial charge on any atom is -0.457 e. The van der Waals surface area contributed by atoms with Gasteiger partial charge in [0.2, 0.25) is 11.8 Å². The summed E-state index contributed by atoms with van der Waals surface area (Å²) < 4.78 is 5.75. The van der Waals surface area contributed by atoms with E-state index < -0.39 is 0 Å². The predicted molar refractivity (Wildman–Crippen MR) is 120 cm³/mol. The van der Waals surface area contributed by atoms with Crippen LogP contribution in [0, 0.1) is 5.92 Å². The topological polar surface area (TPSA) is 67.4 Å². The van der Waals surface area contributed by atoms with Gasteiger partial charge in [-0.25, -0.2) is 0 Å². The first kappa shape index (κ1) is 20.0. The maximum absolute atomic E-state index is 12.2. The number of benzene rings is 3. The Labute approximate surface area is 179 Å². The van der Waals surface area contributed by atoms with Crippen LogP contribution < -0.4 is 15.4 Å². The van der Waals surface area contributed by atoms with Crippen LogP contribution in [0.15, 0.2) is 83.8 Å². The second kappa shape index (κ2) is 9.50. The van der Waals surface area contributed by atoms with Gasteiger partial charge in [-0.15, -0.1) is 11.8 Å². The van der Waals surface area contributed by atoms with Gasteiger partial charge in [0, 0.05) is 22.2 Å². The average Bonchev–Trinajstić information content (AvgIpc) is 3.61. The molecule has 3 aromatic carbocycles. The van der Waals surface area contributed by atoms with E-state index in [1.165, 1.54) is 11.8 Å². The highest BCUT2D eigenvalue weighted by atomic mass is 32.2.